The van der Waals surface area contributed by atoms with Crippen molar-refractivity contribution in [3.63, 3.8) is 0 Å². The van der Waals surface area contributed by atoms with Gasteiger partial charge in [0.2, 0.25) is 6.29 Å². The van der Waals surface area contributed by atoms with E-state index in [4.69, 9.17) is 4.74 Å². The first-order valence-electron chi connectivity index (χ1n) is 9.47. The summed E-state index contributed by atoms with van der Waals surface area (Å²) in [6.45, 7) is 11.2. The van der Waals surface area contributed by atoms with Gasteiger partial charge in [-0.15, -0.1) is 0 Å². The first kappa shape index (κ1) is 21.1. The Morgan fingerprint density at radius 3 is 2.66 bits per heavy atom. The largest absolute Gasteiger partial charge is 0.471 e. The Morgan fingerprint density at radius 2 is 2.07 bits per heavy atom. The van der Waals surface area contributed by atoms with Crippen LogP contribution >= 0.6 is 7.69 Å². The van der Waals surface area contributed by atoms with E-state index in [-0.39, 0.29) is 18.4 Å². The second-order valence-corrected chi connectivity index (χ2v) is 9.50. The highest BCUT2D eigenvalue weighted by atomic mass is 31.1. The van der Waals surface area contributed by atoms with Crippen LogP contribution in [-0.4, -0.2) is 32.8 Å². The number of hydrogen-bond acceptors (Lipinski definition) is 4. The maximum Gasteiger partial charge on any atom is 0.308 e. The molecule has 1 amide bonds. The lowest BCUT2D eigenvalue weighted by atomic mass is 9.99. The molecule has 0 saturated carbocycles. The number of halogens is 1. The second-order valence-electron chi connectivity index (χ2n) is 7.74. The van der Waals surface area contributed by atoms with Gasteiger partial charge in [0.1, 0.15) is 12.3 Å². The van der Waals surface area contributed by atoms with Crippen molar-refractivity contribution in [2.45, 2.75) is 46.2 Å². The molecule has 0 bridgehead atoms. The number of fused-ring (bicyclic) bond motifs is 1. The van der Waals surface area contributed by atoms with Gasteiger partial charge in [0.25, 0.3) is 18.9 Å². The molecule has 1 atom stereocenters. The third-order valence-corrected chi connectivity index (χ3v) is 6.45. The summed E-state index contributed by atoms with van der Waals surface area (Å²) in [7, 11) is -1.05. The zero-order valence-electron chi connectivity index (χ0n) is 17.3. The number of alkyl halides is 1. The summed E-state index contributed by atoms with van der Waals surface area (Å²) in [5, 5.41) is 0.474. The molecule has 0 fully saturated rings. The second kappa shape index (κ2) is 8.42. The molecule has 3 rings (SSSR count). The number of amides is 1. The molecule has 5 nitrogen and oxygen atoms in total. The minimum Gasteiger partial charge on any atom is -0.471 e. The van der Waals surface area contributed by atoms with Gasteiger partial charge >= 0.3 is 5.91 Å². The van der Waals surface area contributed by atoms with Crippen molar-refractivity contribution >= 4 is 19.2 Å². The average molecular weight is 414 g/mol. The van der Waals surface area contributed by atoms with Gasteiger partial charge in [0, 0.05) is 0 Å². The van der Waals surface area contributed by atoms with Crippen molar-refractivity contribution in [3.05, 3.63) is 65.2 Å². The van der Waals surface area contributed by atoms with Crippen LogP contribution in [0, 0.1) is 0 Å². The number of nitrogens with zero attached hydrogens (tertiary/aromatic N) is 3. The fourth-order valence-corrected chi connectivity index (χ4v) is 4.96. The van der Waals surface area contributed by atoms with Gasteiger partial charge in [-0.25, -0.2) is 4.39 Å². The summed E-state index contributed by atoms with van der Waals surface area (Å²) in [6, 6.07) is 8.14. The lowest BCUT2D eigenvalue weighted by Gasteiger charge is -2.15. The lowest BCUT2D eigenvalue weighted by molar-refractivity contribution is 0.0758. The van der Waals surface area contributed by atoms with Gasteiger partial charge in [-0.2, -0.15) is 4.98 Å². The Bertz CT molecular complexity index is 965. The van der Waals surface area contributed by atoms with Gasteiger partial charge in [0.15, 0.2) is 6.33 Å². The molecule has 1 aromatic carbocycles. The monoisotopic (exact) mass is 414 g/mol. The number of carbonyl (C=O) groups is 1. The van der Waals surface area contributed by atoms with E-state index in [0.717, 1.165) is 22.3 Å². The predicted octanol–water partition coefficient (Wildman–Crippen LogP) is 5.46. The van der Waals surface area contributed by atoms with Crippen LogP contribution in [0.15, 0.2) is 48.8 Å². The minimum atomic E-state index is -1.50. The molecule has 0 spiro atoms. The number of carbonyl (C=O) groups excluding carboxylic acids is 1. The molecule has 1 unspecified atom stereocenters. The third-order valence-electron chi connectivity index (χ3n) is 4.56. The number of benzene rings is 1. The fraction of sp³-hybridized carbons (Fsp3) is 0.364. The van der Waals surface area contributed by atoms with Crippen LogP contribution in [0.1, 0.15) is 48.9 Å². The molecule has 29 heavy (non-hydrogen) atoms. The molecule has 1 aromatic heterocycles. The Morgan fingerprint density at radius 1 is 1.38 bits per heavy atom. The lowest BCUT2D eigenvalue weighted by Crippen LogP contribution is -2.25. The maximum absolute atomic E-state index is 13.8. The van der Waals surface area contributed by atoms with Crippen molar-refractivity contribution in [1.82, 2.24) is 14.6 Å². The van der Waals surface area contributed by atoms with Crippen LogP contribution in [-0.2, 0) is 12.8 Å². The highest BCUT2D eigenvalue weighted by Crippen LogP contribution is 2.43. The smallest absolute Gasteiger partial charge is 0.308 e. The summed E-state index contributed by atoms with van der Waals surface area (Å²) in [4.78, 5) is 18.8. The zero-order valence-corrected chi connectivity index (χ0v) is 18.2. The van der Waals surface area contributed by atoms with Crippen LogP contribution in [0.5, 0.6) is 5.88 Å². The van der Waals surface area contributed by atoms with E-state index in [2.05, 4.69) is 16.3 Å². The molecule has 0 aliphatic carbocycles. The van der Waals surface area contributed by atoms with Gasteiger partial charge in [0.05, 0.1) is 6.54 Å². The highest BCUT2D eigenvalue weighted by molar-refractivity contribution is 7.47. The van der Waals surface area contributed by atoms with Crippen molar-refractivity contribution in [3.8, 4) is 5.88 Å². The molecular formula is C22H26FN3O2P+. The topological polar surface area (TPSA) is 55.3 Å². The molecule has 0 saturated heterocycles. The summed E-state index contributed by atoms with van der Waals surface area (Å²) in [5.41, 5.74) is 2.76. The van der Waals surface area contributed by atoms with Gasteiger partial charge < -0.3 is 4.74 Å². The van der Waals surface area contributed by atoms with Crippen LogP contribution in [0.3, 0.4) is 0 Å². The quantitative estimate of drug-likeness (QED) is 0.564. The third kappa shape index (κ3) is 4.88. The van der Waals surface area contributed by atoms with E-state index >= 15 is 0 Å². The van der Waals surface area contributed by atoms with Crippen LogP contribution < -0.4 is 4.74 Å². The van der Waals surface area contributed by atoms with Crippen LogP contribution in [0.25, 0.3) is 5.57 Å². The van der Waals surface area contributed by atoms with E-state index in [1.807, 2.05) is 44.2 Å². The highest BCUT2D eigenvalue weighted by Gasteiger charge is 2.43. The Labute approximate surface area is 172 Å². The van der Waals surface area contributed by atoms with E-state index in [0.29, 0.717) is 18.1 Å². The number of ether oxygens (including phenoxy) is 1. The standard InChI is InChI=1S/C22H26FN3O2P/c1-6-18(15(2)3)17-9-7-16(8-10-17)11-26-14-29-19(21(26)27)20(24-13-25-29)28-12-22(4,5)23/h6-10,13H,2,11-12,14H2,1,3-5H3/q+1/b18-6+. The number of rotatable bonds is 7. The van der Waals surface area contributed by atoms with Gasteiger partial charge in [-0.1, -0.05) is 47.2 Å². The molecule has 7 heteroatoms. The van der Waals surface area contributed by atoms with E-state index in [1.165, 1.54) is 20.2 Å². The van der Waals surface area contributed by atoms with Crippen molar-refractivity contribution < 1.29 is 13.9 Å². The van der Waals surface area contributed by atoms with Crippen LogP contribution in [0.2, 0.25) is 0 Å². The summed E-state index contributed by atoms with van der Waals surface area (Å²) in [5.74, 6) is 0.0717. The molecule has 0 N–H and O–H groups in total. The van der Waals surface area contributed by atoms with E-state index in [9.17, 15) is 9.18 Å². The summed E-state index contributed by atoms with van der Waals surface area (Å²) < 4.78 is 23.7. The molecule has 2 aromatic rings. The molecule has 1 aliphatic rings. The predicted molar refractivity (Wildman–Crippen MR) is 115 cm³/mol. The Hall–Kier alpha value is -2.59. The average Bonchev–Trinajstić information content (AvgIpc) is 2.97. The summed E-state index contributed by atoms with van der Waals surface area (Å²) >= 11 is 0. The minimum absolute atomic E-state index is 0.136. The zero-order chi connectivity index (χ0) is 21.2. The molecular weight excluding hydrogens is 388 g/mol. The van der Waals surface area contributed by atoms with E-state index in [1.54, 1.807) is 4.90 Å². The fourth-order valence-electron chi connectivity index (χ4n) is 3.19. The molecule has 1 aliphatic heterocycles. The normalized spacial score (nSPS) is 14.8. The summed E-state index contributed by atoms with van der Waals surface area (Å²) in [6.07, 6.45) is 3.98. The maximum atomic E-state index is 13.8. The SMILES string of the molecule is C=C(C)/C(=C\C)c1ccc(CN2C[p+]3ncnc(OCC(C)(C)F)c3C2=O)cc1. The Balaban J connectivity index is 1.75. The number of hydrogen-bond donors (Lipinski definition) is 0. The molecule has 2 heterocycles. The van der Waals surface area contributed by atoms with Crippen molar-refractivity contribution in [2.24, 2.45) is 0 Å². The van der Waals surface area contributed by atoms with Gasteiger partial charge in [-0.05, 0) is 44.4 Å². The first-order chi connectivity index (χ1) is 13.7. The van der Waals surface area contributed by atoms with E-state index < -0.39 is 13.4 Å². The molecule has 152 valence electrons. The first-order valence-corrected chi connectivity index (χ1v) is 10.9. The molecule has 0 radical (unpaired) electrons. The van der Waals surface area contributed by atoms with Crippen molar-refractivity contribution in [1.29, 1.82) is 0 Å². The Kier molecular flexibility index (Phi) is 6.13. The number of aromatic nitrogens is 2. The van der Waals surface area contributed by atoms with Crippen LogP contribution in [0.4, 0.5) is 4.39 Å². The van der Waals surface area contributed by atoms with Gasteiger partial charge in [-0.3, -0.25) is 9.69 Å². The number of allylic oxidation sites excluding steroid dienone is 3. The van der Waals surface area contributed by atoms with Crippen molar-refractivity contribution in [2.75, 3.05) is 6.61 Å².